The molecule has 2 aromatic rings. The predicted molar refractivity (Wildman–Crippen MR) is 103 cm³/mol. The average molecular weight is 340 g/mol. The highest BCUT2D eigenvalue weighted by Crippen LogP contribution is 2.17. The van der Waals surface area contributed by atoms with E-state index in [0.29, 0.717) is 0 Å². The van der Waals surface area contributed by atoms with Crippen LogP contribution in [0.1, 0.15) is 23.6 Å². The highest BCUT2D eigenvalue weighted by atomic mass is 16.5. The topological polar surface area (TPSA) is 58.5 Å². The van der Waals surface area contributed by atoms with Crippen LogP contribution in [0.25, 0.3) is 0 Å². The number of methoxy groups -OCH3 is 1. The van der Waals surface area contributed by atoms with Crippen molar-refractivity contribution in [1.29, 1.82) is 0 Å². The molecule has 0 atom stereocenters. The second-order valence-electron chi connectivity index (χ2n) is 5.80. The van der Waals surface area contributed by atoms with Gasteiger partial charge < -0.3 is 15.4 Å². The van der Waals surface area contributed by atoms with Gasteiger partial charge in [-0.3, -0.25) is 9.98 Å². The zero-order valence-corrected chi connectivity index (χ0v) is 15.4. The summed E-state index contributed by atoms with van der Waals surface area (Å²) < 4.78 is 5.40. The fourth-order valence-electron chi connectivity index (χ4n) is 2.64. The summed E-state index contributed by atoms with van der Waals surface area (Å²) >= 11 is 0. The van der Waals surface area contributed by atoms with Crippen LogP contribution in [-0.4, -0.2) is 37.7 Å². The Kier molecular flexibility index (Phi) is 7.76. The van der Waals surface area contributed by atoms with Crippen LogP contribution in [-0.2, 0) is 12.8 Å². The van der Waals surface area contributed by atoms with Gasteiger partial charge in [0.05, 0.1) is 7.11 Å². The summed E-state index contributed by atoms with van der Waals surface area (Å²) in [5.74, 6) is 1.78. The van der Waals surface area contributed by atoms with Crippen molar-refractivity contribution in [3.63, 3.8) is 0 Å². The van der Waals surface area contributed by atoms with Crippen molar-refractivity contribution < 1.29 is 4.74 Å². The molecule has 2 rings (SSSR count). The van der Waals surface area contributed by atoms with E-state index in [0.717, 1.165) is 44.2 Å². The van der Waals surface area contributed by atoms with E-state index in [2.05, 4.69) is 46.6 Å². The van der Waals surface area contributed by atoms with Crippen LogP contribution in [0, 0.1) is 6.92 Å². The number of rotatable bonds is 8. The van der Waals surface area contributed by atoms with Gasteiger partial charge in [0, 0.05) is 32.0 Å². The van der Waals surface area contributed by atoms with E-state index in [9.17, 15) is 0 Å². The first-order valence-electron chi connectivity index (χ1n) is 8.78. The number of aromatic nitrogens is 1. The molecule has 5 heteroatoms. The summed E-state index contributed by atoms with van der Waals surface area (Å²) in [5.41, 5.74) is 3.70. The molecule has 5 nitrogen and oxygen atoms in total. The van der Waals surface area contributed by atoms with E-state index in [1.807, 2.05) is 30.6 Å². The smallest absolute Gasteiger partial charge is 0.191 e. The quantitative estimate of drug-likeness (QED) is 0.573. The summed E-state index contributed by atoms with van der Waals surface area (Å²) in [5, 5.41) is 6.69. The molecular formula is C20H28N4O. The number of hydrogen-bond donors (Lipinski definition) is 2. The van der Waals surface area contributed by atoms with Gasteiger partial charge in [0.2, 0.25) is 0 Å². The molecule has 1 heterocycles. The maximum absolute atomic E-state index is 5.40. The minimum Gasteiger partial charge on any atom is -0.496 e. The summed E-state index contributed by atoms with van der Waals surface area (Å²) in [6, 6.07) is 10.2. The first-order valence-corrected chi connectivity index (χ1v) is 8.78. The standard InChI is InChI=1S/C20H28N4O/c1-4-22-20(23-13-10-17-9-12-21-15-16(17)2)24-14-11-18-7-5-6-8-19(18)25-3/h5-9,12,15H,4,10-11,13-14H2,1-3H3,(H2,22,23,24). The molecule has 0 amide bonds. The molecule has 25 heavy (non-hydrogen) atoms. The van der Waals surface area contributed by atoms with E-state index in [1.165, 1.54) is 16.7 Å². The Labute approximate surface area is 150 Å². The van der Waals surface area contributed by atoms with E-state index in [4.69, 9.17) is 4.74 Å². The van der Waals surface area contributed by atoms with E-state index >= 15 is 0 Å². The lowest BCUT2D eigenvalue weighted by atomic mass is 10.1. The fourth-order valence-corrected chi connectivity index (χ4v) is 2.64. The molecule has 0 saturated heterocycles. The second kappa shape index (κ2) is 10.3. The number of ether oxygens (including phenoxy) is 1. The zero-order valence-electron chi connectivity index (χ0n) is 15.4. The van der Waals surface area contributed by atoms with E-state index < -0.39 is 0 Å². The number of benzene rings is 1. The second-order valence-corrected chi connectivity index (χ2v) is 5.80. The maximum atomic E-state index is 5.40. The van der Waals surface area contributed by atoms with Crippen molar-refractivity contribution in [2.24, 2.45) is 4.99 Å². The number of guanidine groups is 1. The average Bonchev–Trinajstić information content (AvgIpc) is 2.63. The lowest BCUT2D eigenvalue weighted by molar-refractivity contribution is 0.409. The van der Waals surface area contributed by atoms with Gasteiger partial charge in [-0.25, -0.2) is 0 Å². The van der Waals surface area contributed by atoms with Crippen LogP contribution in [0.2, 0.25) is 0 Å². The van der Waals surface area contributed by atoms with E-state index in [1.54, 1.807) is 7.11 Å². The first-order chi connectivity index (χ1) is 12.2. The number of nitrogens with zero attached hydrogens (tertiary/aromatic N) is 2. The van der Waals surface area contributed by atoms with Gasteiger partial charge in [0.25, 0.3) is 0 Å². The molecule has 1 aromatic carbocycles. The lowest BCUT2D eigenvalue weighted by Gasteiger charge is -2.13. The van der Waals surface area contributed by atoms with Crippen LogP contribution < -0.4 is 15.4 Å². The lowest BCUT2D eigenvalue weighted by Crippen LogP contribution is -2.38. The highest BCUT2D eigenvalue weighted by molar-refractivity contribution is 5.79. The number of aryl methyl sites for hydroxylation is 1. The minimum absolute atomic E-state index is 0.745. The molecule has 0 bridgehead atoms. The van der Waals surface area contributed by atoms with Crippen LogP contribution in [0.3, 0.4) is 0 Å². The minimum atomic E-state index is 0.745. The molecule has 0 aliphatic carbocycles. The summed E-state index contributed by atoms with van der Waals surface area (Å²) in [4.78, 5) is 8.80. The number of nitrogens with one attached hydrogen (secondary N) is 2. The molecule has 0 unspecified atom stereocenters. The number of pyridine rings is 1. The Morgan fingerprint density at radius 3 is 2.72 bits per heavy atom. The molecule has 1 aromatic heterocycles. The molecule has 2 N–H and O–H groups in total. The molecular weight excluding hydrogens is 312 g/mol. The number of aliphatic imine (C=N–C) groups is 1. The third-order valence-corrected chi connectivity index (χ3v) is 4.01. The summed E-state index contributed by atoms with van der Waals surface area (Å²) in [7, 11) is 1.71. The SMILES string of the molecule is CCNC(=NCCc1ccncc1C)NCCc1ccccc1OC. The highest BCUT2D eigenvalue weighted by Gasteiger charge is 2.03. The van der Waals surface area contributed by atoms with Gasteiger partial charge in [-0.05, 0) is 55.5 Å². The third-order valence-electron chi connectivity index (χ3n) is 4.01. The van der Waals surface area contributed by atoms with Crippen LogP contribution in [0.15, 0.2) is 47.7 Å². The predicted octanol–water partition coefficient (Wildman–Crippen LogP) is 2.74. The summed E-state index contributed by atoms with van der Waals surface area (Å²) in [6.45, 7) is 6.55. The number of hydrogen-bond acceptors (Lipinski definition) is 3. The first kappa shape index (κ1) is 18.8. The Balaban J connectivity index is 1.86. The van der Waals surface area contributed by atoms with Crippen molar-refractivity contribution in [3.8, 4) is 5.75 Å². The van der Waals surface area contributed by atoms with Gasteiger partial charge in [0.1, 0.15) is 5.75 Å². The van der Waals surface area contributed by atoms with Crippen molar-refractivity contribution in [2.75, 3.05) is 26.7 Å². The van der Waals surface area contributed by atoms with Gasteiger partial charge in [-0.1, -0.05) is 18.2 Å². The molecule has 0 spiro atoms. The van der Waals surface area contributed by atoms with Crippen LogP contribution in [0.4, 0.5) is 0 Å². The largest absolute Gasteiger partial charge is 0.496 e. The maximum Gasteiger partial charge on any atom is 0.191 e. The summed E-state index contributed by atoms with van der Waals surface area (Å²) in [6.07, 6.45) is 5.54. The normalized spacial score (nSPS) is 11.2. The Morgan fingerprint density at radius 2 is 1.96 bits per heavy atom. The van der Waals surface area contributed by atoms with E-state index in [-0.39, 0.29) is 0 Å². The van der Waals surface area contributed by atoms with Gasteiger partial charge in [-0.2, -0.15) is 0 Å². The van der Waals surface area contributed by atoms with Crippen molar-refractivity contribution in [1.82, 2.24) is 15.6 Å². The fraction of sp³-hybridized carbons (Fsp3) is 0.400. The molecule has 0 radical (unpaired) electrons. The van der Waals surface area contributed by atoms with Gasteiger partial charge in [-0.15, -0.1) is 0 Å². The van der Waals surface area contributed by atoms with Crippen LogP contribution >= 0.6 is 0 Å². The van der Waals surface area contributed by atoms with Gasteiger partial charge >= 0.3 is 0 Å². The zero-order chi connectivity index (χ0) is 17.9. The molecule has 0 aliphatic heterocycles. The Morgan fingerprint density at radius 1 is 1.12 bits per heavy atom. The van der Waals surface area contributed by atoms with Crippen molar-refractivity contribution in [2.45, 2.75) is 26.7 Å². The Bertz CT molecular complexity index is 685. The van der Waals surface area contributed by atoms with Crippen LogP contribution in [0.5, 0.6) is 5.75 Å². The third kappa shape index (κ3) is 6.10. The Hall–Kier alpha value is -2.56. The molecule has 0 saturated carbocycles. The molecule has 0 aliphatic rings. The van der Waals surface area contributed by atoms with Crippen molar-refractivity contribution >= 4 is 5.96 Å². The number of para-hydroxylation sites is 1. The molecule has 0 fully saturated rings. The monoisotopic (exact) mass is 340 g/mol. The van der Waals surface area contributed by atoms with Gasteiger partial charge in [0.15, 0.2) is 5.96 Å². The molecule has 134 valence electrons. The van der Waals surface area contributed by atoms with Crippen molar-refractivity contribution in [3.05, 3.63) is 59.4 Å².